The van der Waals surface area contributed by atoms with E-state index in [0.29, 0.717) is 5.92 Å². The number of rotatable bonds is 7. The van der Waals surface area contributed by atoms with Crippen LogP contribution in [0.25, 0.3) is 0 Å². The molecule has 0 bridgehead atoms. The lowest BCUT2D eigenvalue weighted by molar-refractivity contribution is 0.427. The van der Waals surface area contributed by atoms with Gasteiger partial charge in [-0.25, -0.2) is 9.97 Å². The zero-order chi connectivity index (χ0) is 15.0. The monoisotopic (exact) mass is 288 g/mol. The molecule has 0 saturated heterocycles. The predicted octanol–water partition coefficient (Wildman–Crippen LogP) is 3.80. The molecule has 1 heterocycles. The van der Waals surface area contributed by atoms with E-state index in [4.69, 9.17) is 4.98 Å². The van der Waals surface area contributed by atoms with Crippen LogP contribution in [-0.4, -0.2) is 23.6 Å². The van der Waals surface area contributed by atoms with Gasteiger partial charge in [-0.05, 0) is 50.4 Å². The highest BCUT2D eigenvalue weighted by molar-refractivity contribution is 5.57. The second kappa shape index (κ2) is 5.82. The SMILES string of the molecule is CNc1nc(C(C)C)nc(NCC(C2CC2)C2CC2)c1C. The number of hydrogen-bond donors (Lipinski definition) is 2. The van der Waals surface area contributed by atoms with Gasteiger partial charge in [0.1, 0.15) is 17.5 Å². The van der Waals surface area contributed by atoms with E-state index in [-0.39, 0.29) is 0 Å². The van der Waals surface area contributed by atoms with E-state index >= 15 is 0 Å². The number of hydrogen-bond acceptors (Lipinski definition) is 4. The molecule has 2 aliphatic carbocycles. The van der Waals surface area contributed by atoms with Crippen LogP contribution in [-0.2, 0) is 0 Å². The molecule has 1 aromatic rings. The van der Waals surface area contributed by atoms with Gasteiger partial charge in [0.2, 0.25) is 0 Å². The lowest BCUT2D eigenvalue weighted by atomic mass is 9.98. The van der Waals surface area contributed by atoms with E-state index in [1.165, 1.54) is 25.7 Å². The van der Waals surface area contributed by atoms with Gasteiger partial charge in [-0.15, -0.1) is 0 Å². The molecule has 2 N–H and O–H groups in total. The van der Waals surface area contributed by atoms with E-state index in [1.54, 1.807) is 0 Å². The Morgan fingerprint density at radius 3 is 2.10 bits per heavy atom. The van der Waals surface area contributed by atoms with Crippen molar-refractivity contribution in [3.63, 3.8) is 0 Å². The van der Waals surface area contributed by atoms with Crippen LogP contribution in [0.3, 0.4) is 0 Å². The molecular weight excluding hydrogens is 260 g/mol. The molecule has 116 valence electrons. The molecule has 3 rings (SSSR count). The molecular formula is C17H28N4. The van der Waals surface area contributed by atoms with E-state index in [0.717, 1.165) is 47.3 Å². The molecule has 0 atom stereocenters. The molecule has 0 aromatic carbocycles. The third-order valence-electron chi connectivity index (χ3n) is 4.88. The van der Waals surface area contributed by atoms with Crippen LogP contribution in [0.5, 0.6) is 0 Å². The number of nitrogens with one attached hydrogen (secondary N) is 2. The van der Waals surface area contributed by atoms with Gasteiger partial charge in [0.05, 0.1) is 0 Å². The zero-order valence-electron chi connectivity index (χ0n) is 13.7. The Morgan fingerprint density at radius 2 is 1.62 bits per heavy atom. The summed E-state index contributed by atoms with van der Waals surface area (Å²) in [5, 5.41) is 6.83. The Bertz CT molecular complexity index is 492. The number of aromatic nitrogens is 2. The average Bonchev–Trinajstić information content (AvgIpc) is 3.34. The van der Waals surface area contributed by atoms with Gasteiger partial charge in [-0.3, -0.25) is 0 Å². The van der Waals surface area contributed by atoms with Gasteiger partial charge in [0.25, 0.3) is 0 Å². The van der Waals surface area contributed by atoms with Gasteiger partial charge in [-0.1, -0.05) is 13.8 Å². The average molecular weight is 288 g/mol. The molecule has 0 spiro atoms. The van der Waals surface area contributed by atoms with Crippen molar-refractivity contribution in [1.29, 1.82) is 0 Å². The Labute approximate surface area is 128 Å². The highest BCUT2D eigenvalue weighted by Gasteiger charge is 2.41. The van der Waals surface area contributed by atoms with Gasteiger partial charge >= 0.3 is 0 Å². The molecule has 0 unspecified atom stereocenters. The first-order valence-electron chi connectivity index (χ1n) is 8.40. The van der Waals surface area contributed by atoms with Crippen molar-refractivity contribution in [2.75, 3.05) is 24.2 Å². The molecule has 0 aliphatic heterocycles. The third kappa shape index (κ3) is 3.30. The first-order chi connectivity index (χ1) is 10.1. The van der Waals surface area contributed by atoms with Crippen molar-refractivity contribution in [2.45, 2.75) is 52.4 Å². The topological polar surface area (TPSA) is 49.8 Å². The highest BCUT2D eigenvalue weighted by atomic mass is 15.1. The smallest absolute Gasteiger partial charge is 0.135 e. The maximum atomic E-state index is 4.75. The highest BCUT2D eigenvalue weighted by Crippen LogP contribution is 2.49. The van der Waals surface area contributed by atoms with Crippen LogP contribution >= 0.6 is 0 Å². The van der Waals surface area contributed by atoms with Crippen LogP contribution in [0.4, 0.5) is 11.6 Å². The van der Waals surface area contributed by atoms with Crippen LogP contribution in [0.1, 0.15) is 56.8 Å². The summed E-state index contributed by atoms with van der Waals surface area (Å²) in [5.74, 6) is 6.04. The molecule has 4 nitrogen and oxygen atoms in total. The maximum absolute atomic E-state index is 4.75. The van der Waals surface area contributed by atoms with Gasteiger partial charge in [0.15, 0.2) is 0 Å². The van der Waals surface area contributed by atoms with E-state index in [9.17, 15) is 0 Å². The number of nitrogens with zero attached hydrogens (tertiary/aromatic N) is 2. The number of anilines is 2. The van der Waals surface area contributed by atoms with Gasteiger partial charge in [0, 0.05) is 25.1 Å². The van der Waals surface area contributed by atoms with Gasteiger partial charge < -0.3 is 10.6 Å². The second-order valence-corrected chi connectivity index (χ2v) is 7.03. The molecule has 0 amide bonds. The summed E-state index contributed by atoms with van der Waals surface area (Å²) in [6.45, 7) is 7.46. The first-order valence-corrected chi connectivity index (χ1v) is 8.40. The van der Waals surface area contributed by atoms with Crippen molar-refractivity contribution in [3.8, 4) is 0 Å². The normalized spacial score (nSPS) is 18.4. The summed E-state index contributed by atoms with van der Waals surface area (Å²) >= 11 is 0. The molecule has 1 aromatic heterocycles. The molecule has 2 fully saturated rings. The third-order valence-corrected chi connectivity index (χ3v) is 4.88. The van der Waals surface area contributed by atoms with Gasteiger partial charge in [-0.2, -0.15) is 0 Å². The zero-order valence-corrected chi connectivity index (χ0v) is 13.7. The minimum Gasteiger partial charge on any atom is -0.373 e. The van der Waals surface area contributed by atoms with Crippen LogP contribution in [0.2, 0.25) is 0 Å². The molecule has 4 heteroatoms. The fourth-order valence-electron chi connectivity index (χ4n) is 3.19. The Balaban J connectivity index is 1.75. The quantitative estimate of drug-likeness (QED) is 0.801. The first kappa shape index (κ1) is 14.6. The molecule has 2 saturated carbocycles. The lowest BCUT2D eigenvalue weighted by Crippen LogP contribution is -2.20. The Morgan fingerprint density at radius 1 is 1.05 bits per heavy atom. The molecule has 21 heavy (non-hydrogen) atoms. The lowest BCUT2D eigenvalue weighted by Gasteiger charge is -2.19. The maximum Gasteiger partial charge on any atom is 0.135 e. The standard InChI is InChI=1S/C17H28N4/c1-10(2)15-20-16(18-4)11(3)17(21-15)19-9-14(12-5-6-12)13-7-8-13/h10,12-14H,5-9H2,1-4H3,(H2,18,19,20,21). The van der Waals surface area contributed by atoms with E-state index in [2.05, 4.69) is 36.4 Å². The second-order valence-electron chi connectivity index (χ2n) is 7.03. The summed E-state index contributed by atoms with van der Waals surface area (Å²) in [7, 11) is 1.93. The minimum atomic E-state index is 0.348. The molecule has 2 aliphatic rings. The van der Waals surface area contributed by atoms with Crippen LogP contribution in [0, 0.1) is 24.7 Å². The summed E-state index contributed by atoms with van der Waals surface area (Å²) in [6.07, 6.45) is 5.74. The predicted molar refractivity (Wildman–Crippen MR) is 87.8 cm³/mol. The summed E-state index contributed by atoms with van der Waals surface area (Å²) in [4.78, 5) is 9.36. The van der Waals surface area contributed by atoms with Crippen molar-refractivity contribution in [1.82, 2.24) is 9.97 Å². The fraction of sp³-hybridized carbons (Fsp3) is 0.765. The van der Waals surface area contributed by atoms with Crippen molar-refractivity contribution in [3.05, 3.63) is 11.4 Å². The van der Waals surface area contributed by atoms with E-state index in [1.807, 2.05) is 7.05 Å². The fourth-order valence-corrected chi connectivity index (χ4v) is 3.19. The van der Waals surface area contributed by atoms with Crippen LogP contribution < -0.4 is 10.6 Å². The largest absolute Gasteiger partial charge is 0.373 e. The van der Waals surface area contributed by atoms with Crippen molar-refractivity contribution in [2.24, 2.45) is 17.8 Å². The summed E-state index contributed by atoms with van der Waals surface area (Å²) in [6, 6.07) is 0. The Hall–Kier alpha value is -1.32. The van der Waals surface area contributed by atoms with Crippen molar-refractivity contribution >= 4 is 11.6 Å². The minimum absolute atomic E-state index is 0.348. The Kier molecular flexibility index (Phi) is 4.05. The summed E-state index contributed by atoms with van der Waals surface area (Å²) < 4.78 is 0. The van der Waals surface area contributed by atoms with Crippen molar-refractivity contribution < 1.29 is 0 Å². The molecule has 0 radical (unpaired) electrons. The summed E-state index contributed by atoms with van der Waals surface area (Å²) in [5.41, 5.74) is 1.13. The van der Waals surface area contributed by atoms with E-state index < -0.39 is 0 Å². The van der Waals surface area contributed by atoms with Crippen LogP contribution in [0.15, 0.2) is 0 Å².